The van der Waals surface area contributed by atoms with Crippen LogP contribution in [0.25, 0.3) is 0 Å². The lowest BCUT2D eigenvalue weighted by Gasteiger charge is -2.13. The van der Waals surface area contributed by atoms with Crippen molar-refractivity contribution in [2.45, 2.75) is 13.3 Å². The number of allylic oxidation sites excluding steroid dienone is 5. The highest BCUT2D eigenvalue weighted by molar-refractivity contribution is 9.11. The van der Waals surface area contributed by atoms with E-state index in [4.69, 9.17) is 0 Å². The molecule has 1 aliphatic rings. The second kappa shape index (κ2) is 6.49. The summed E-state index contributed by atoms with van der Waals surface area (Å²) in [5.41, 5.74) is 0. The fourth-order valence-electron chi connectivity index (χ4n) is 1.34. The Morgan fingerprint density at radius 2 is 2.29 bits per heavy atom. The number of carbonyl (C=O) groups is 2. The Labute approximate surface area is 107 Å². The van der Waals surface area contributed by atoms with Crippen molar-refractivity contribution in [2.75, 3.05) is 6.61 Å². The lowest BCUT2D eigenvalue weighted by atomic mass is 9.94. The fourth-order valence-corrected chi connectivity index (χ4v) is 1.75. The van der Waals surface area contributed by atoms with Gasteiger partial charge in [-0.15, -0.1) is 0 Å². The van der Waals surface area contributed by atoms with Gasteiger partial charge in [0.15, 0.2) is 5.78 Å². The average molecular weight is 303 g/mol. The highest BCUT2D eigenvalue weighted by Gasteiger charge is 2.23. The van der Waals surface area contributed by atoms with E-state index in [1.54, 1.807) is 13.0 Å². The molecule has 0 radical (unpaired) electrons. The Morgan fingerprint density at radius 1 is 1.59 bits per heavy atom. The molecule has 0 saturated carbocycles. The molecule has 1 aliphatic carbocycles. The largest absolute Gasteiger partial charge is 0.463 e. The summed E-state index contributed by atoms with van der Waals surface area (Å²) < 4.78 is 18.7. The van der Waals surface area contributed by atoms with Gasteiger partial charge in [0.2, 0.25) is 0 Å². The number of ketones is 1. The van der Waals surface area contributed by atoms with Crippen LogP contribution in [0.2, 0.25) is 0 Å². The van der Waals surface area contributed by atoms with Crippen molar-refractivity contribution in [1.82, 2.24) is 0 Å². The molecule has 0 saturated heterocycles. The van der Waals surface area contributed by atoms with Gasteiger partial charge >= 0.3 is 5.97 Å². The molecular weight excluding hydrogens is 291 g/mol. The molecule has 0 heterocycles. The predicted molar refractivity (Wildman–Crippen MR) is 65.1 cm³/mol. The molecule has 0 N–H and O–H groups in total. The van der Waals surface area contributed by atoms with Crippen LogP contribution >= 0.6 is 15.9 Å². The van der Waals surface area contributed by atoms with Gasteiger partial charge in [-0.05, 0) is 25.5 Å². The minimum atomic E-state index is -0.832. The first kappa shape index (κ1) is 13.8. The molecule has 92 valence electrons. The summed E-state index contributed by atoms with van der Waals surface area (Å²) in [6.07, 6.45) is 5.33. The van der Waals surface area contributed by atoms with Crippen molar-refractivity contribution in [1.29, 1.82) is 0 Å². The first-order chi connectivity index (χ1) is 8.04. The highest BCUT2D eigenvalue weighted by Crippen LogP contribution is 2.28. The molecule has 17 heavy (non-hydrogen) atoms. The van der Waals surface area contributed by atoms with E-state index in [-0.39, 0.29) is 13.0 Å². The van der Waals surface area contributed by atoms with Gasteiger partial charge in [-0.2, -0.15) is 0 Å². The van der Waals surface area contributed by atoms with Crippen molar-refractivity contribution in [3.05, 3.63) is 34.6 Å². The summed E-state index contributed by atoms with van der Waals surface area (Å²) >= 11 is 3.13. The first-order valence-corrected chi connectivity index (χ1v) is 5.95. The van der Waals surface area contributed by atoms with Crippen molar-refractivity contribution in [3.63, 3.8) is 0 Å². The van der Waals surface area contributed by atoms with Gasteiger partial charge < -0.3 is 4.74 Å². The van der Waals surface area contributed by atoms with E-state index in [1.165, 1.54) is 6.08 Å². The fraction of sp³-hybridized carbons (Fsp3) is 0.333. The molecule has 5 heteroatoms. The van der Waals surface area contributed by atoms with Gasteiger partial charge in [0, 0.05) is 10.6 Å². The van der Waals surface area contributed by atoms with Crippen molar-refractivity contribution < 1.29 is 18.7 Å². The van der Waals surface area contributed by atoms with Gasteiger partial charge in [0.1, 0.15) is 5.83 Å². The Bertz CT molecular complexity index is 410. The topological polar surface area (TPSA) is 43.4 Å². The monoisotopic (exact) mass is 302 g/mol. The Morgan fingerprint density at radius 3 is 2.88 bits per heavy atom. The number of halogens is 2. The standard InChI is InChI=1S/C12H12BrFO3/c1-2-17-12(16)6-5-11(15)9-4-3-8(13)7-10(9)14/h3,5-7,9H,2,4H2,1H3/b6-5+. The summed E-state index contributed by atoms with van der Waals surface area (Å²) in [5.74, 6) is -2.37. The molecule has 1 atom stereocenters. The minimum absolute atomic E-state index is 0.241. The van der Waals surface area contributed by atoms with Crippen LogP contribution in [0.15, 0.2) is 34.6 Å². The third-order valence-electron chi connectivity index (χ3n) is 2.17. The molecule has 1 rings (SSSR count). The van der Waals surface area contributed by atoms with E-state index in [9.17, 15) is 14.0 Å². The zero-order valence-corrected chi connectivity index (χ0v) is 10.9. The van der Waals surface area contributed by atoms with Crippen LogP contribution in [0.1, 0.15) is 13.3 Å². The quantitative estimate of drug-likeness (QED) is 0.592. The summed E-state index contributed by atoms with van der Waals surface area (Å²) in [5, 5.41) is 0. The van der Waals surface area contributed by atoms with Crippen molar-refractivity contribution >= 4 is 27.7 Å². The second-order valence-corrected chi connectivity index (χ2v) is 4.31. The maximum Gasteiger partial charge on any atom is 0.330 e. The number of ether oxygens (including phenoxy) is 1. The molecule has 0 aromatic heterocycles. The zero-order chi connectivity index (χ0) is 12.8. The van der Waals surface area contributed by atoms with Crippen LogP contribution in [-0.4, -0.2) is 18.4 Å². The van der Waals surface area contributed by atoms with E-state index in [2.05, 4.69) is 20.7 Å². The summed E-state index contributed by atoms with van der Waals surface area (Å²) in [4.78, 5) is 22.6. The summed E-state index contributed by atoms with van der Waals surface area (Å²) in [6.45, 7) is 1.91. The Kier molecular flexibility index (Phi) is 5.28. The highest BCUT2D eigenvalue weighted by atomic mass is 79.9. The Hall–Kier alpha value is -1.23. The van der Waals surface area contributed by atoms with Crippen molar-refractivity contribution in [2.24, 2.45) is 5.92 Å². The lowest BCUT2D eigenvalue weighted by Crippen LogP contribution is -2.15. The molecule has 3 nitrogen and oxygen atoms in total. The molecular formula is C12H12BrFO3. The van der Waals surface area contributed by atoms with Gasteiger partial charge in [0.05, 0.1) is 12.5 Å². The third kappa shape index (κ3) is 4.26. The molecule has 0 amide bonds. The summed E-state index contributed by atoms with van der Waals surface area (Å²) in [7, 11) is 0. The van der Waals surface area contributed by atoms with Crippen molar-refractivity contribution in [3.8, 4) is 0 Å². The number of carbonyl (C=O) groups excluding carboxylic acids is 2. The molecule has 0 aliphatic heterocycles. The number of hydrogen-bond acceptors (Lipinski definition) is 3. The first-order valence-electron chi connectivity index (χ1n) is 5.16. The van der Waals surface area contributed by atoms with Gasteiger partial charge in [-0.1, -0.05) is 22.0 Å². The van der Waals surface area contributed by atoms with E-state index in [0.29, 0.717) is 4.48 Å². The van der Waals surface area contributed by atoms with Crippen LogP contribution in [0, 0.1) is 5.92 Å². The second-order valence-electron chi connectivity index (χ2n) is 3.39. The number of rotatable bonds is 4. The lowest BCUT2D eigenvalue weighted by molar-refractivity contribution is -0.137. The molecule has 0 bridgehead atoms. The predicted octanol–water partition coefficient (Wildman–Crippen LogP) is 2.83. The maximum atomic E-state index is 13.4. The minimum Gasteiger partial charge on any atom is -0.463 e. The van der Waals surface area contributed by atoms with Crippen LogP contribution in [0.3, 0.4) is 0 Å². The van der Waals surface area contributed by atoms with Crippen LogP contribution < -0.4 is 0 Å². The molecule has 0 aromatic rings. The van der Waals surface area contributed by atoms with Crippen LogP contribution in [0.5, 0.6) is 0 Å². The summed E-state index contributed by atoms with van der Waals surface area (Å²) in [6, 6.07) is 0. The average Bonchev–Trinajstić information content (AvgIpc) is 2.26. The zero-order valence-electron chi connectivity index (χ0n) is 9.28. The smallest absolute Gasteiger partial charge is 0.330 e. The van der Waals surface area contributed by atoms with E-state index >= 15 is 0 Å². The Balaban J connectivity index is 2.61. The van der Waals surface area contributed by atoms with Gasteiger partial charge in [-0.3, -0.25) is 4.79 Å². The molecule has 0 aromatic carbocycles. The van der Waals surface area contributed by atoms with Crippen LogP contribution in [0.4, 0.5) is 4.39 Å². The van der Waals surface area contributed by atoms with Crippen LogP contribution in [-0.2, 0) is 14.3 Å². The third-order valence-corrected chi connectivity index (χ3v) is 2.72. The molecule has 1 unspecified atom stereocenters. The maximum absolute atomic E-state index is 13.4. The normalized spacial score (nSPS) is 19.8. The molecule has 0 spiro atoms. The van der Waals surface area contributed by atoms with E-state index in [0.717, 1.165) is 12.2 Å². The molecule has 0 fully saturated rings. The van der Waals surface area contributed by atoms with Gasteiger partial charge in [0.25, 0.3) is 0 Å². The SMILES string of the molecule is CCOC(=O)/C=C/C(=O)C1CC=C(Br)C=C1F. The van der Waals surface area contributed by atoms with Gasteiger partial charge in [-0.25, -0.2) is 9.18 Å². The number of esters is 1. The van der Waals surface area contributed by atoms with E-state index < -0.39 is 23.5 Å². The van der Waals surface area contributed by atoms with E-state index in [1.807, 2.05) is 0 Å². The number of hydrogen-bond donors (Lipinski definition) is 0.